The van der Waals surface area contributed by atoms with Crippen LogP contribution < -0.4 is 20.9 Å². The molecule has 0 aliphatic heterocycles. The first-order valence-corrected chi connectivity index (χ1v) is 8.92. The number of para-hydroxylation sites is 1. The summed E-state index contributed by atoms with van der Waals surface area (Å²) >= 11 is 5.27. The molecule has 24 heavy (non-hydrogen) atoms. The number of nitrogens with one attached hydrogen (secondary N) is 3. The second-order valence-corrected chi connectivity index (χ2v) is 6.98. The molecule has 132 valence electrons. The number of benzene rings is 1. The summed E-state index contributed by atoms with van der Waals surface area (Å²) < 4.78 is 5.50. The predicted molar refractivity (Wildman–Crippen MR) is 99.7 cm³/mol. The van der Waals surface area contributed by atoms with Gasteiger partial charge in [-0.15, -0.1) is 0 Å². The molecule has 0 spiro atoms. The Morgan fingerprint density at radius 2 is 2.00 bits per heavy atom. The monoisotopic (exact) mass is 349 g/mol. The number of hydrogen-bond acceptors (Lipinski definition) is 3. The van der Waals surface area contributed by atoms with E-state index in [0.29, 0.717) is 28.7 Å². The molecule has 1 aromatic rings. The summed E-state index contributed by atoms with van der Waals surface area (Å²) in [6.45, 7) is 6.41. The molecular formula is C18H27N3O2S. The highest BCUT2D eigenvalue weighted by atomic mass is 32.1. The number of carbonyl (C=O) groups is 1. The Morgan fingerprint density at radius 3 is 2.75 bits per heavy atom. The number of hydrogen-bond donors (Lipinski definition) is 3. The molecule has 1 aromatic carbocycles. The minimum absolute atomic E-state index is 0.0582. The second-order valence-electron chi connectivity index (χ2n) is 6.57. The van der Waals surface area contributed by atoms with Gasteiger partial charge in [0.2, 0.25) is 0 Å². The maximum atomic E-state index is 11.9. The van der Waals surface area contributed by atoms with Crippen molar-refractivity contribution in [3.63, 3.8) is 0 Å². The van der Waals surface area contributed by atoms with Gasteiger partial charge in [-0.2, -0.15) is 0 Å². The molecule has 1 amide bonds. The van der Waals surface area contributed by atoms with Crippen molar-refractivity contribution in [2.45, 2.75) is 46.1 Å². The van der Waals surface area contributed by atoms with E-state index in [0.717, 1.165) is 12.0 Å². The van der Waals surface area contributed by atoms with Crippen molar-refractivity contribution in [3.8, 4) is 5.75 Å². The van der Waals surface area contributed by atoms with E-state index in [9.17, 15) is 4.79 Å². The molecule has 1 saturated carbocycles. The Labute approximate surface area is 149 Å². The van der Waals surface area contributed by atoms with Crippen LogP contribution in [0.5, 0.6) is 5.75 Å². The summed E-state index contributed by atoms with van der Waals surface area (Å²) in [7, 11) is 0. The zero-order valence-corrected chi connectivity index (χ0v) is 15.4. The molecule has 0 bridgehead atoms. The standard InChI is InChI=1S/C18H27N3O2S/c1-12-8-6-9-15(14(12)3)19-18(24)21-20-17(22)11-23-16-10-5-4-7-13(16)2/h4-5,7,10,12,14-15H,6,8-9,11H2,1-3H3,(H,20,22)(H2,19,21,24)/t12-,14+,15-/m1/s1. The molecule has 1 aliphatic carbocycles. The Hall–Kier alpha value is -1.82. The van der Waals surface area contributed by atoms with Crippen molar-refractivity contribution in [1.82, 2.24) is 16.2 Å². The Bertz CT molecular complexity index is 579. The topological polar surface area (TPSA) is 62.4 Å². The highest BCUT2D eigenvalue weighted by Crippen LogP contribution is 2.29. The van der Waals surface area contributed by atoms with Gasteiger partial charge in [0.05, 0.1) is 0 Å². The van der Waals surface area contributed by atoms with Gasteiger partial charge in [-0.05, 0) is 49.0 Å². The fraction of sp³-hybridized carbons (Fsp3) is 0.556. The smallest absolute Gasteiger partial charge is 0.276 e. The van der Waals surface area contributed by atoms with E-state index < -0.39 is 0 Å². The molecule has 0 heterocycles. The van der Waals surface area contributed by atoms with Crippen LogP contribution in [0.1, 0.15) is 38.7 Å². The number of amides is 1. The number of rotatable bonds is 4. The van der Waals surface area contributed by atoms with Crippen LogP contribution in [-0.4, -0.2) is 23.7 Å². The Balaban J connectivity index is 1.69. The van der Waals surface area contributed by atoms with E-state index in [1.54, 1.807) is 0 Å². The van der Waals surface area contributed by atoms with Gasteiger partial charge in [0.15, 0.2) is 11.7 Å². The zero-order chi connectivity index (χ0) is 17.5. The second kappa shape index (κ2) is 8.87. The van der Waals surface area contributed by atoms with Gasteiger partial charge >= 0.3 is 0 Å². The van der Waals surface area contributed by atoms with Crippen molar-refractivity contribution < 1.29 is 9.53 Å². The van der Waals surface area contributed by atoms with Crippen LogP contribution >= 0.6 is 12.2 Å². The predicted octanol–water partition coefficient (Wildman–Crippen LogP) is 2.69. The summed E-state index contributed by atoms with van der Waals surface area (Å²) in [6, 6.07) is 7.95. The molecule has 6 heteroatoms. The van der Waals surface area contributed by atoms with Crippen LogP contribution in [0, 0.1) is 18.8 Å². The van der Waals surface area contributed by atoms with E-state index in [4.69, 9.17) is 17.0 Å². The molecule has 2 rings (SSSR count). The van der Waals surface area contributed by atoms with Gasteiger partial charge < -0.3 is 10.1 Å². The summed E-state index contributed by atoms with van der Waals surface area (Å²) in [6.07, 6.45) is 3.59. The quantitative estimate of drug-likeness (QED) is 0.576. The van der Waals surface area contributed by atoms with Crippen molar-refractivity contribution >= 4 is 23.2 Å². The van der Waals surface area contributed by atoms with Crippen LogP contribution in [0.15, 0.2) is 24.3 Å². The molecule has 5 nitrogen and oxygen atoms in total. The normalized spacial score (nSPS) is 23.2. The molecule has 0 aromatic heterocycles. The maximum Gasteiger partial charge on any atom is 0.276 e. The van der Waals surface area contributed by atoms with Crippen molar-refractivity contribution in [2.24, 2.45) is 11.8 Å². The first-order valence-electron chi connectivity index (χ1n) is 8.51. The summed E-state index contributed by atoms with van der Waals surface area (Å²) in [5.41, 5.74) is 6.32. The number of ether oxygens (including phenoxy) is 1. The maximum absolute atomic E-state index is 11.9. The van der Waals surface area contributed by atoms with Gasteiger partial charge in [0.25, 0.3) is 5.91 Å². The fourth-order valence-corrected chi connectivity index (χ4v) is 3.22. The molecular weight excluding hydrogens is 322 g/mol. The molecule has 3 atom stereocenters. The molecule has 0 unspecified atom stereocenters. The van der Waals surface area contributed by atoms with Gasteiger partial charge in [-0.25, -0.2) is 0 Å². The van der Waals surface area contributed by atoms with E-state index in [-0.39, 0.29) is 12.5 Å². The zero-order valence-electron chi connectivity index (χ0n) is 14.6. The lowest BCUT2D eigenvalue weighted by molar-refractivity contribution is -0.123. The molecule has 0 radical (unpaired) electrons. The van der Waals surface area contributed by atoms with E-state index >= 15 is 0 Å². The number of carbonyl (C=O) groups excluding carboxylic acids is 1. The fourth-order valence-electron chi connectivity index (χ4n) is 3.01. The lowest BCUT2D eigenvalue weighted by atomic mass is 9.78. The third-order valence-electron chi connectivity index (χ3n) is 4.79. The Morgan fingerprint density at radius 1 is 1.25 bits per heavy atom. The van der Waals surface area contributed by atoms with Crippen molar-refractivity contribution in [3.05, 3.63) is 29.8 Å². The van der Waals surface area contributed by atoms with Crippen LogP contribution in [-0.2, 0) is 4.79 Å². The van der Waals surface area contributed by atoms with Crippen LogP contribution in [0.3, 0.4) is 0 Å². The average Bonchev–Trinajstić information content (AvgIpc) is 2.56. The molecule has 3 N–H and O–H groups in total. The van der Waals surface area contributed by atoms with Crippen LogP contribution in [0.2, 0.25) is 0 Å². The minimum Gasteiger partial charge on any atom is -0.483 e. The number of thiocarbonyl (C=S) groups is 1. The van der Waals surface area contributed by atoms with Gasteiger partial charge in [-0.1, -0.05) is 44.9 Å². The van der Waals surface area contributed by atoms with E-state index in [2.05, 4.69) is 30.0 Å². The van der Waals surface area contributed by atoms with Gasteiger partial charge in [0, 0.05) is 6.04 Å². The van der Waals surface area contributed by atoms with E-state index in [1.807, 2.05) is 31.2 Å². The highest BCUT2D eigenvalue weighted by molar-refractivity contribution is 7.80. The first-order chi connectivity index (χ1) is 11.5. The summed E-state index contributed by atoms with van der Waals surface area (Å²) in [5.74, 6) is 1.69. The van der Waals surface area contributed by atoms with E-state index in [1.165, 1.54) is 12.8 Å². The average molecular weight is 350 g/mol. The van der Waals surface area contributed by atoms with Gasteiger partial charge in [0.1, 0.15) is 5.75 Å². The summed E-state index contributed by atoms with van der Waals surface area (Å²) in [4.78, 5) is 11.9. The van der Waals surface area contributed by atoms with Gasteiger partial charge in [-0.3, -0.25) is 15.6 Å². The third kappa shape index (κ3) is 5.37. The largest absolute Gasteiger partial charge is 0.483 e. The summed E-state index contributed by atoms with van der Waals surface area (Å²) in [5, 5.41) is 3.75. The minimum atomic E-state index is -0.271. The number of hydrazine groups is 1. The molecule has 0 saturated heterocycles. The van der Waals surface area contributed by atoms with Crippen molar-refractivity contribution in [2.75, 3.05) is 6.61 Å². The lowest BCUT2D eigenvalue weighted by Gasteiger charge is -2.35. The first kappa shape index (κ1) is 18.5. The van der Waals surface area contributed by atoms with Crippen LogP contribution in [0.4, 0.5) is 0 Å². The SMILES string of the molecule is Cc1ccccc1OCC(=O)NNC(=S)N[C@@H]1CCC[C@@H](C)[C@@H]1C. The highest BCUT2D eigenvalue weighted by Gasteiger charge is 2.27. The van der Waals surface area contributed by atoms with Crippen LogP contribution in [0.25, 0.3) is 0 Å². The third-order valence-corrected chi connectivity index (χ3v) is 5.01. The molecule has 1 fully saturated rings. The lowest BCUT2D eigenvalue weighted by Crippen LogP contribution is -2.53. The number of aryl methyl sites for hydroxylation is 1. The van der Waals surface area contributed by atoms with Crippen molar-refractivity contribution in [1.29, 1.82) is 0 Å². The Kier molecular flexibility index (Phi) is 6.85. The molecule has 1 aliphatic rings.